The number of rotatable bonds is 8. The first-order valence-corrected chi connectivity index (χ1v) is 9.12. The molecule has 0 aromatic heterocycles. The van der Waals surface area contributed by atoms with Gasteiger partial charge < -0.3 is 20.8 Å². The van der Waals surface area contributed by atoms with E-state index in [9.17, 15) is 24.2 Å². The van der Waals surface area contributed by atoms with Crippen molar-refractivity contribution < 1.29 is 24.2 Å². The van der Waals surface area contributed by atoms with Crippen molar-refractivity contribution in [2.24, 2.45) is 11.8 Å². The number of aromatic hydroxyl groups is 2. The van der Waals surface area contributed by atoms with E-state index in [0.29, 0.717) is 12.1 Å². The average molecular weight is 388 g/mol. The Bertz CT molecular complexity index is 839. The van der Waals surface area contributed by atoms with Gasteiger partial charge in [-0.15, -0.1) is 0 Å². The van der Waals surface area contributed by atoms with Gasteiger partial charge in [-0.05, 0) is 48.6 Å². The third-order valence-corrected chi connectivity index (χ3v) is 4.56. The van der Waals surface area contributed by atoms with Crippen molar-refractivity contribution >= 4 is 17.5 Å². The van der Waals surface area contributed by atoms with Crippen LogP contribution in [-0.2, 0) is 4.79 Å². The largest absolute Gasteiger partial charge is 0.508 e. The molecular formula is C21H25FN2O4. The molecule has 0 radical (unpaired) electrons. The second kappa shape index (κ2) is 9.73. The fraction of sp³-hybridized carbons (Fsp3) is 0.333. The predicted molar refractivity (Wildman–Crippen MR) is 105 cm³/mol. The first kappa shape index (κ1) is 21.2. The Labute approximate surface area is 163 Å². The van der Waals surface area contributed by atoms with E-state index in [1.54, 1.807) is 18.2 Å². The molecule has 4 N–H and O–H groups in total. The Morgan fingerprint density at radius 1 is 1.11 bits per heavy atom. The number of phenolic OH excluding ortho intramolecular Hbond substituents is 2. The zero-order valence-electron chi connectivity index (χ0n) is 15.9. The summed E-state index contributed by atoms with van der Waals surface area (Å²) in [4.78, 5) is 24.4. The molecule has 28 heavy (non-hydrogen) atoms. The first-order valence-electron chi connectivity index (χ1n) is 9.12. The molecule has 0 aliphatic carbocycles. The third kappa shape index (κ3) is 5.97. The van der Waals surface area contributed by atoms with Crippen LogP contribution >= 0.6 is 0 Å². The lowest BCUT2D eigenvalue weighted by atomic mass is 9.89. The fourth-order valence-electron chi connectivity index (χ4n) is 2.84. The van der Waals surface area contributed by atoms with Crippen LogP contribution in [0.5, 0.6) is 11.5 Å². The molecule has 0 saturated heterocycles. The van der Waals surface area contributed by atoms with E-state index in [4.69, 9.17) is 0 Å². The number of benzene rings is 2. The van der Waals surface area contributed by atoms with Crippen LogP contribution < -0.4 is 10.6 Å². The second-order valence-corrected chi connectivity index (χ2v) is 6.98. The van der Waals surface area contributed by atoms with Gasteiger partial charge in [0.1, 0.15) is 17.3 Å². The number of carbonyl (C=O) groups excluding carboxylic acids is 2. The predicted octanol–water partition coefficient (Wildman–Crippen LogP) is 3.66. The standard InChI is InChI=1S/C21H25FN2O4/c1-13(2)14(11-20(27)24-18-5-3-4-6-19(18)26)9-10-23-21(28)16-12-15(25)7-8-17(16)22/h3-8,12-14,25-26H,9-11H2,1-2H3,(H,23,28)(H,24,27)/t14-/m1/s1. The fourth-order valence-corrected chi connectivity index (χ4v) is 2.84. The Hall–Kier alpha value is -3.09. The number of hydrogen-bond acceptors (Lipinski definition) is 4. The summed E-state index contributed by atoms with van der Waals surface area (Å²) >= 11 is 0. The minimum atomic E-state index is -0.710. The molecule has 150 valence electrons. The van der Waals surface area contributed by atoms with E-state index < -0.39 is 11.7 Å². The van der Waals surface area contributed by atoms with Crippen molar-refractivity contribution in [1.82, 2.24) is 5.32 Å². The normalized spacial score (nSPS) is 11.9. The van der Waals surface area contributed by atoms with Gasteiger partial charge in [0.25, 0.3) is 5.91 Å². The van der Waals surface area contributed by atoms with Gasteiger partial charge in [0.05, 0.1) is 11.3 Å². The molecule has 0 aliphatic rings. The highest BCUT2D eigenvalue weighted by Crippen LogP contribution is 2.24. The summed E-state index contributed by atoms with van der Waals surface area (Å²) in [6, 6.07) is 9.76. The molecule has 2 rings (SSSR count). The van der Waals surface area contributed by atoms with Crippen molar-refractivity contribution in [3.8, 4) is 11.5 Å². The quantitative estimate of drug-likeness (QED) is 0.519. The second-order valence-electron chi connectivity index (χ2n) is 6.98. The lowest BCUT2D eigenvalue weighted by Gasteiger charge is -2.21. The molecule has 2 aromatic carbocycles. The van der Waals surface area contributed by atoms with Crippen LogP contribution in [0.1, 0.15) is 37.0 Å². The van der Waals surface area contributed by atoms with E-state index in [0.717, 1.165) is 12.1 Å². The Morgan fingerprint density at radius 2 is 1.82 bits per heavy atom. The summed E-state index contributed by atoms with van der Waals surface area (Å²) < 4.78 is 13.7. The lowest BCUT2D eigenvalue weighted by Crippen LogP contribution is -2.29. The monoisotopic (exact) mass is 388 g/mol. The summed E-state index contributed by atoms with van der Waals surface area (Å²) in [7, 11) is 0. The molecular weight excluding hydrogens is 363 g/mol. The highest BCUT2D eigenvalue weighted by Gasteiger charge is 2.19. The van der Waals surface area contributed by atoms with Crippen molar-refractivity contribution in [2.75, 3.05) is 11.9 Å². The zero-order chi connectivity index (χ0) is 20.7. The number of hydrogen-bond donors (Lipinski definition) is 4. The number of amides is 2. The molecule has 2 amide bonds. The molecule has 6 nitrogen and oxygen atoms in total. The average Bonchev–Trinajstić information content (AvgIpc) is 2.64. The number of anilines is 1. The smallest absolute Gasteiger partial charge is 0.254 e. The molecule has 0 unspecified atom stereocenters. The maximum atomic E-state index is 13.7. The molecule has 0 bridgehead atoms. The minimum absolute atomic E-state index is 0.00245. The van der Waals surface area contributed by atoms with Gasteiger partial charge in [-0.3, -0.25) is 9.59 Å². The van der Waals surface area contributed by atoms with Crippen LogP contribution in [0.4, 0.5) is 10.1 Å². The van der Waals surface area contributed by atoms with Crippen LogP contribution in [0.3, 0.4) is 0 Å². The molecule has 2 aromatic rings. The van der Waals surface area contributed by atoms with Crippen molar-refractivity contribution in [1.29, 1.82) is 0 Å². The maximum absolute atomic E-state index is 13.7. The number of nitrogens with one attached hydrogen (secondary N) is 2. The van der Waals surface area contributed by atoms with Crippen LogP contribution in [-0.4, -0.2) is 28.6 Å². The van der Waals surface area contributed by atoms with Crippen LogP contribution in [0.15, 0.2) is 42.5 Å². The zero-order valence-corrected chi connectivity index (χ0v) is 15.9. The third-order valence-electron chi connectivity index (χ3n) is 4.56. The topological polar surface area (TPSA) is 98.7 Å². The van der Waals surface area contributed by atoms with E-state index in [2.05, 4.69) is 10.6 Å². The van der Waals surface area contributed by atoms with Gasteiger partial charge in [0.2, 0.25) is 5.91 Å². The Morgan fingerprint density at radius 3 is 2.50 bits per heavy atom. The van der Waals surface area contributed by atoms with Gasteiger partial charge in [-0.25, -0.2) is 4.39 Å². The van der Waals surface area contributed by atoms with Crippen molar-refractivity contribution in [2.45, 2.75) is 26.7 Å². The van der Waals surface area contributed by atoms with Gasteiger partial charge >= 0.3 is 0 Å². The molecule has 0 aliphatic heterocycles. The van der Waals surface area contributed by atoms with Crippen LogP contribution in [0.2, 0.25) is 0 Å². The van der Waals surface area contributed by atoms with Gasteiger partial charge in [-0.1, -0.05) is 26.0 Å². The van der Waals surface area contributed by atoms with Crippen LogP contribution in [0, 0.1) is 17.7 Å². The number of phenols is 2. The SMILES string of the molecule is CC(C)[C@H](CCNC(=O)c1cc(O)ccc1F)CC(=O)Nc1ccccc1O. The van der Waals surface area contributed by atoms with Crippen LogP contribution in [0.25, 0.3) is 0 Å². The molecule has 1 atom stereocenters. The molecule has 0 spiro atoms. The minimum Gasteiger partial charge on any atom is -0.508 e. The summed E-state index contributed by atoms with van der Waals surface area (Å²) in [5.41, 5.74) is 0.126. The highest BCUT2D eigenvalue weighted by molar-refractivity contribution is 5.95. The molecule has 0 heterocycles. The Balaban J connectivity index is 1.89. The Kier molecular flexibility index (Phi) is 7.37. The summed E-state index contributed by atoms with van der Waals surface area (Å²) in [6.45, 7) is 4.23. The first-order chi connectivity index (χ1) is 13.3. The number of halogens is 1. The molecule has 7 heteroatoms. The highest BCUT2D eigenvalue weighted by atomic mass is 19.1. The summed E-state index contributed by atoms with van der Waals surface area (Å²) in [5.74, 6) is -1.58. The van der Waals surface area contributed by atoms with E-state index >= 15 is 0 Å². The van der Waals surface area contributed by atoms with E-state index in [1.165, 1.54) is 12.1 Å². The van der Waals surface area contributed by atoms with Gasteiger partial charge in [-0.2, -0.15) is 0 Å². The summed E-state index contributed by atoms with van der Waals surface area (Å²) in [6.07, 6.45) is 0.750. The lowest BCUT2D eigenvalue weighted by molar-refractivity contribution is -0.117. The molecule has 0 fully saturated rings. The molecule has 0 saturated carbocycles. The van der Waals surface area contributed by atoms with Crippen molar-refractivity contribution in [3.63, 3.8) is 0 Å². The maximum Gasteiger partial charge on any atom is 0.254 e. The van der Waals surface area contributed by atoms with Gasteiger partial charge in [0.15, 0.2) is 0 Å². The number of carbonyl (C=O) groups is 2. The van der Waals surface area contributed by atoms with Gasteiger partial charge in [0, 0.05) is 13.0 Å². The van der Waals surface area contributed by atoms with E-state index in [-0.39, 0.29) is 47.8 Å². The number of para-hydroxylation sites is 2. The summed E-state index contributed by atoms with van der Waals surface area (Å²) in [5, 5.41) is 24.5. The van der Waals surface area contributed by atoms with E-state index in [1.807, 2.05) is 13.8 Å². The van der Waals surface area contributed by atoms with Crippen molar-refractivity contribution in [3.05, 3.63) is 53.8 Å².